The monoisotopic (exact) mass is 337 g/mol. The first-order valence-corrected chi connectivity index (χ1v) is 8.10. The van der Waals surface area contributed by atoms with Crippen molar-refractivity contribution in [3.05, 3.63) is 58.1 Å². The predicted molar refractivity (Wildman–Crippen MR) is 97.5 cm³/mol. The first-order valence-electron chi connectivity index (χ1n) is 8.10. The number of para-hydroxylation sites is 1. The molecule has 0 spiro atoms. The highest BCUT2D eigenvalue weighted by Gasteiger charge is 2.23. The molecule has 7 nitrogen and oxygen atoms in total. The molecule has 128 valence electrons. The van der Waals surface area contributed by atoms with E-state index in [2.05, 4.69) is 22.3 Å². The molecule has 3 N–H and O–H groups in total. The fourth-order valence-corrected chi connectivity index (χ4v) is 3.18. The number of nitrogen functional groups attached to an aromatic ring is 1. The summed E-state index contributed by atoms with van der Waals surface area (Å²) in [4.78, 5) is 12.7. The van der Waals surface area contributed by atoms with Crippen molar-refractivity contribution >= 4 is 22.7 Å². The minimum Gasteiger partial charge on any atom is -0.393 e. The fraction of sp³-hybridized carbons (Fsp3) is 0.278. The molecule has 3 rings (SSSR count). The van der Waals surface area contributed by atoms with Crippen molar-refractivity contribution in [2.45, 2.75) is 6.42 Å². The van der Waals surface area contributed by atoms with Crippen LogP contribution in [0.5, 0.6) is 0 Å². The lowest BCUT2D eigenvalue weighted by molar-refractivity contribution is -0.384. The Morgan fingerprint density at radius 2 is 2.12 bits per heavy atom. The number of hydrogen-bond donors (Lipinski definition) is 2. The third kappa shape index (κ3) is 3.63. The van der Waals surface area contributed by atoms with E-state index >= 15 is 0 Å². The van der Waals surface area contributed by atoms with Crippen LogP contribution >= 0.6 is 0 Å². The van der Waals surface area contributed by atoms with Crippen molar-refractivity contribution in [2.24, 2.45) is 5.92 Å². The van der Waals surface area contributed by atoms with Crippen LogP contribution in [0.1, 0.15) is 12.0 Å². The van der Waals surface area contributed by atoms with E-state index in [0.29, 0.717) is 11.6 Å². The molecule has 0 radical (unpaired) electrons. The van der Waals surface area contributed by atoms with Gasteiger partial charge in [-0.2, -0.15) is 5.26 Å². The van der Waals surface area contributed by atoms with Gasteiger partial charge < -0.3 is 16.0 Å². The van der Waals surface area contributed by atoms with Crippen molar-refractivity contribution in [1.29, 1.82) is 5.26 Å². The topological polar surface area (TPSA) is 108 Å². The molecule has 1 saturated heterocycles. The Labute approximate surface area is 145 Å². The van der Waals surface area contributed by atoms with Crippen LogP contribution in [0, 0.1) is 27.4 Å². The average Bonchev–Trinajstić information content (AvgIpc) is 3.08. The van der Waals surface area contributed by atoms with E-state index in [1.54, 1.807) is 0 Å². The Hall–Kier alpha value is -3.27. The molecule has 1 aliphatic heterocycles. The maximum atomic E-state index is 11.0. The van der Waals surface area contributed by atoms with Gasteiger partial charge in [-0.05, 0) is 36.6 Å². The normalized spacial score (nSPS) is 16.4. The third-order valence-corrected chi connectivity index (χ3v) is 4.44. The maximum absolute atomic E-state index is 11.0. The summed E-state index contributed by atoms with van der Waals surface area (Å²) in [6, 6.07) is 15.1. The highest BCUT2D eigenvalue weighted by molar-refractivity contribution is 5.72. The molecule has 7 heteroatoms. The minimum absolute atomic E-state index is 0.00360. The molecule has 1 fully saturated rings. The van der Waals surface area contributed by atoms with Gasteiger partial charge in [0.05, 0.1) is 4.92 Å². The summed E-state index contributed by atoms with van der Waals surface area (Å²) in [5, 5.41) is 23.4. The van der Waals surface area contributed by atoms with E-state index in [4.69, 9.17) is 11.0 Å². The number of nitriles is 1. The maximum Gasteiger partial charge on any atom is 0.309 e. The Morgan fingerprint density at radius 1 is 1.36 bits per heavy atom. The van der Waals surface area contributed by atoms with Gasteiger partial charge in [0.15, 0.2) is 0 Å². The number of nitrogens with zero attached hydrogens (tertiary/aromatic N) is 3. The number of nitrogens with one attached hydrogen (secondary N) is 1. The van der Waals surface area contributed by atoms with E-state index in [1.165, 1.54) is 17.8 Å². The summed E-state index contributed by atoms with van der Waals surface area (Å²) >= 11 is 0. The highest BCUT2D eigenvalue weighted by Crippen LogP contribution is 2.30. The van der Waals surface area contributed by atoms with Crippen molar-refractivity contribution in [2.75, 3.05) is 35.6 Å². The standard InChI is InChI=1S/C18H19N5O2/c19-10-14-8-15(9-17(20)18(14)23(24)25)21-11-13-6-7-22(12-13)16-4-2-1-3-5-16/h1-5,8-9,13,21H,6-7,11-12,20H2/t13-/m1/s1. The van der Waals surface area contributed by atoms with Crippen LogP contribution in [0.15, 0.2) is 42.5 Å². The van der Waals surface area contributed by atoms with E-state index in [1.807, 2.05) is 24.3 Å². The van der Waals surface area contributed by atoms with Gasteiger partial charge in [0.2, 0.25) is 0 Å². The molecule has 1 heterocycles. The largest absolute Gasteiger partial charge is 0.393 e. The Kier molecular flexibility index (Phi) is 4.70. The zero-order valence-corrected chi connectivity index (χ0v) is 13.7. The molecule has 1 atom stereocenters. The van der Waals surface area contributed by atoms with Gasteiger partial charge in [0.1, 0.15) is 17.3 Å². The summed E-state index contributed by atoms with van der Waals surface area (Å²) in [7, 11) is 0. The number of nitrogens with two attached hydrogens (primary N) is 1. The van der Waals surface area contributed by atoms with Crippen molar-refractivity contribution in [3.8, 4) is 6.07 Å². The summed E-state index contributed by atoms with van der Waals surface area (Å²) < 4.78 is 0. The molecule has 0 aliphatic carbocycles. The second-order valence-electron chi connectivity index (χ2n) is 6.15. The van der Waals surface area contributed by atoms with Crippen LogP contribution in [0.3, 0.4) is 0 Å². The molecule has 2 aromatic rings. The summed E-state index contributed by atoms with van der Waals surface area (Å²) in [5.74, 6) is 0.460. The molecule has 0 aromatic heterocycles. The van der Waals surface area contributed by atoms with E-state index in [0.717, 1.165) is 26.1 Å². The fourth-order valence-electron chi connectivity index (χ4n) is 3.18. The smallest absolute Gasteiger partial charge is 0.309 e. The quantitative estimate of drug-likeness (QED) is 0.493. The molecule has 0 saturated carbocycles. The van der Waals surface area contributed by atoms with Gasteiger partial charge >= 0.3 is 5.69 Å². The van der Waals surface area contributed by atoms with Gasteiger partial charge in [-0.15, -0.1) is 0 Å². The number of benzene rings is 2. The van der Waals surface area contributed by atoms with Crippen LogP contribution in [0.4, 0.5) is 22.7 Å². The van der Waals surface area contributed by atoms with Gasteiger partial charge in [0, 0.05) is 31.0 Å². The Balaban J connectivity index is 1.64. The molecular weight excluding hydrogens is 318 g/mol. The Morgan fingerprint density at radius 3 is 2.80 bits per heavy atom. The molecule has 1 aliphatic rings. The minimum atomic E-state index is -0.619. The lowest BCUT2D eigenvalue weighted by Gasteiger charge is -2.19. The lowest BCUT2D eigenvalue weighted by Crippen LogP contribution is -2.22. The van der Waals surface area contributed by atoms with Crippen LogP contribution in [0.25, 0.3) is 0 Å². The van der Waals surface area contributed by atoms with Crippen LogP contribution in [-0.4, -0.2) is 24.6 Å². The third-order valence-electron chi connectivity index (χ3n) is 4.44. The van der Waals surface area contributed by atoms with Crippen LogP contribution in [0.2, 0.25) is 0 Å². The number of anilines is 3. The Bertz CT molecular complexity index is 816. The van der Waals surface area contributed by atoms with E-state index < -0.39 is 4.92 Å². The lowest BCUT2D eigenvalue weighted by atomic mass is 10.1. The zero-order chi connectivity index (χ0) is 17.8. The average molecular weight is 337 g/mol. The number of hydrogen-bond acceptors (Lipinski definition) is 6. The van der Waals surface area contributed by atoms with Crippen molar-refractivity contribution in [3.63, 3.8) is 0 Å². The number of nitro benzene ring substituents is 1. The molecule has 0 bridgehead atoms. The predicted octanol–water partition coefficient (Wildman–Crippen LogP) is 2.99. The second-order valence-corrected chi connectivity index (χ2v) is 6.15. The van der Waals surface area contributed by atoms with Crippen molar-refractivity contribution < 1.29 is 4.92 Å². The summed E-state index contributed by atoms with van der Waals surface area (Å²) in [6.07, 6.45) is 1.06. The van der Waals surface area contributed by atoms with Crippen LogP contribution in [-0.2, 0) is 0 Å². The number of nitro groups is 1. The van der Waals surface area contributed by atoms with Crippen molar-refractivity contribution in [1.82, 2.24) is 0 Å². The summed E-state index contributed by atoms with van der Waals surface area (Å²) in [5.41, 5.74) is 7.25. The van der Waals surface area contributed by atoms with E-state index in [9.17, 15) is 10.1 Å². The first kappa shape index (κ1) is 16.6. The number of rotatable bonds is 5. The molecule has 25 heavy (non-hydrogen) atoms. The molecule has 2 aromatic carbocycles. The highest BCUT2D eigenvalue weighted by atomic mass is 16.6. The molecular formula is C18H19N5O2. The second kappa shape index (κ2) is 7.09. The molecule has 0 unspecified atom stereocenters. The van der Waals surface area contributed by atoms with Gasteiger partial charge in [-0.25, -0.2) is 0 Å². The van der Waals surface area contributed by atoms with E-state index in [-0.39, 0.29) is 16.9 Å². The first-order chi connectivity index (χ1) is 12.1. The SMILES string of the molecule is N#Cc1cc(NC[C@H]2CCN(c3ccccc3)C2)cc(N)c1[N+](=O)[O-]. The summed E-state index contributed by atoms with van der Waals surface area (Å²) in [6.45, 7) is 2.68. The van der Waals surface area contributed by atoms with Gasteiger partial charge in [0.25, 0.3) is 0 Å². The zero-order valence-electron chi connectivity index (χ0n) is 13.7. The van der Waals surface area contributed by atoms with Gasteiger partial charge in [-0.3, -0.25) is 10.1 Å². The van der Waals surface area contributed by atoms with Gasteiger partial charge in [-0.1, -0.05) is 18.2 Å². The molecule has 0 amide bonds. The van der Waals surface area contributed by atoms with Crippen LogP contribution < -0.4 is 16.0 Å².